The highest BCUT2D eigenvalue weighted by Crippen LogP contribution is 2.19. The van der Waals surface area contributed by atoms with Crippen LogP contribution in [0.3, 0.4) is 0 Å². The number of hydrogen-bond donors (Lipinski definition) is 2. The molecule has 1 aromatic rings. The predicted molar refractivity (Wildman–Crippen MR) is 75.4 cm³/mol. The zero-order chi connectivity index (χ0) is 13.7. The summed E-state index contributed by atoms with van der Waals surface area (Å²) in [6.07, 6.45) is 2.17. The van der Waals surface area contributed by atoms with E-state index in [1.54, 1.807) is 7.11 Å². The van der Waals surface area contributed by atoms with Gasteiger partial charge in [0.1, 0.15) is 0 Å². The van der Waals surface area contributed by atoms with Gasteiger partial charge < -0.3 is 15.4 Å². The van der Waals surface area contributed by atoms with E-state index in [4.69, 9.17) is 4.74 Å². The van der Waals surface area contributed by atoms with Crippen LogP contribution in [0.5, 0.6) is 0 Å². The summed E-state index contributed by atoms with van der Waals surface area (Å²) in [5.74, 6) is -0.0205. The summed E-state index contributed by atoms with van der Waals surface area (Å²) < 4.78 is 5.27. The number of ether oxygens (including phenoxy) is 1. The number of amides is 1. The van der Waals surface area contributed by atoms with Crippen molar-refractivity contribution in [3.63, 3.8) is 0 Å². The molecule has 1 amide bonds. The fourth-order valence-electron chi connectivity index (χ4n) is 2.61. The quantitative estimate of drug-likeness (QED) is 0.845. The molecule has 19 heavy (non-hydrogen) atoms. The summed E-state index contributed by atoms with van der Waals surface area (Å²) in [6.45, 7) is 4.21. The fraction of sp³-hybridized carbons (Fsp3) is 0.533. The van der Waals surface area contributed by atoms with E-state index >= 15 is 0 Å². The van der Waals surface area contributed by atoms with Gasteiger partial charge in [-0.1, -0.05) is 17.7 Å². The van der Waals surface area contributed by atoms with Gasteiger partial charge in [0.25, 0.3) is 5.91 Å². The molecule has 1 fully saturated rings. The van der Waals surface area contributed by atoms with Gasteiger partial charge in [-0.05, 0) is 38.4 Å². The van der Waals surface area contributed by atoms with E-state index in [-0.39, 0.29) is 11.4 Å². The average Bonchev–Trinajstić information content (AvgIpc) is 2.85. The van der Waals surface area contributed by atoms with Crippen LogP contribution in [0.25, 0.3) is 0 Å². The molecular weight excluding hydrogens is 240 g/mol. The number of benzene rings is 1. The molecule has 1 aromatic carbocycles. The minimum atomic E-state index is -0.103. The Balaban J connectivity index is 1.95. The first-order valence-corrected chi connectivity index (χ1v) is 6.74. The maximum absolute atomic E-state index is 12.1. The van der Waals surface area contributed by atoms with Gasteiger partial charge in [-0.3, -0.25) is 4.79 Å². The second-order valence-electron chi connectivity index (χ2n) is 5.30. The van der Waals surface area contributed by atoms with Crippen LogP contribution in [-0.4, -0.2) is 38.3 Å². The van der Waals surface area contributed by atoms with E-state index in [0.29, 0.717) is 18.7 Å². The Hall–Kier alpha value is -1.39. The van der Waals surface area contributed by atoms with Gasteiger partial charge in [0.2, 0.25) is 0 Å². The Morgan fingerprint density at radius 2 is 2.37 bits per heavy atom. The lowest BCUT2D eigenvalue weighted by Crippen LogP contribution is -2.53. The zero-order valence-corrected chi connectivity index (χ0v) is 11.7. The average molecular weight is 262 g/mol. The second kappa shape index (κ2) is 6.17. The van der Waals surface area contributed by atoms with Crippen LogP contribution in [0.15, 0.2) is 24.3 Å². The molecule has 1 saturated heterocycles. The number of carbonyl (C=O) groups excluding carboxylic acids is 1. The van der Waals surface area contributed by atoms with Crippen LogP contribution < -0.4 is 10.6 Å². The number of methoxy groups -OCH3 is 1. The fourth-order valence-corrected chi connectivity index (χ4v) is 2.61. The molecule has 1 aliphatic heterocycles. The molecule has 1 atom stereocenters. The molecule has 1 aliphatic rings. The van der Waals surface area contributed by atoms with Gasteiger partial charge in [0.05, 0.1) is 12.1 Å². The highest BCUT2D eigenvalue weighted by atomic mass is 16.5. The molecular formula is C15H22N2O2. The molecule has 104 valence electrons. The van der Waals surface area contributed by atoms with Crippen molar-refractivity contribution in [1.82, 2.24) is 10.6 Å². The first-order valence-electron chi connectivity index (χ1n) is 6.74. The highest BCUT2D eigenvalue weighted by Gasteiger charge is 2.33. The topological polar surface area (TPSA) is 50.4 Å². The Morgan fingerprint density at radius 3 is 3.00 bits per heavy atom. The third-order valence-corrected chi connectivity index (χ3v) is 3.62. The van der Waals surface area contributed by atoms with Gasteiger partial charge >= 0.3 is 0 Å². The highest BCUT2D eigenvalue weighted by molar-refractivity contribution is 5.94. The third kappa shape index (κ3) is 3.55. The van der Waals surface area contributed by atoms with Crippen molar-refractivity contribution in [1.29, 1.82) is 0 Å². The smallest absolute Gasteiger partial charge is 0.251 e. The van der Waals surface area contributed by atoms with Crippen molar-refractivity contribution in [2.45, 2.75) is 25.3 Å². The third-order valence-electron chi connectivity index (χ3n) is 3.62. The zero-order valence-electron chi connectivity index (χ0n) is 11.7. The normalized spacial score (nSPS) is 22.4. The Kier molecular flexibility index (Phi) is 4.56. The summed E-state index contributed by atoms with van der Waals surface area (Å²) in [7, 11) is 1.70. The lowest BCUT2D eigenvalue weighted by atomic mass is 9.98. The van der Waals surface area contributed by atoms with Crippen molar-refractivity contribution in [2.75, 3.05) is 26.8 Å². The standard InChI is InChI=1S/C15H22N2O2/c1-12-5-3-6-13(9-12)14(18)16-10-15(11-19-2)7-4-8-17-15/h3,5-6,9,17H,4,7-8,10-11H2,1-2H3,(H,16,18). The summed E-state index contributed by atoms with van der Waals surface area (Å²) >= 11 is 0. The molecule has 2 rings (SSSR count). The van der Waals surface area contributed by atoms with E-state index in [1.807, 2.05) is 31.2 Å². The lowest BCUT2D eigenvalue weighted by molar-refractivity contribution is 0.0892. The summed E-state index contributed by atoms with van der Waals surface area (Å²) in [5.41, 5.74) is 1.71. The minimum Gasteiger partial charge on any atom is -0.383 e. The molecule has 1 heterocycles. The maximum atomic E-state index is 12.1. The second-order valence-corrected chi connectivity index (χ2v) is 5.30. The van der Waals surface area contributed by atoms with Gasteiger partial charge in [-0.25, -0.2) is 0 Å². The number of aryl methyl sites for hydroxylation is 1. The van der Waals surface area contributed by atoms with Gasteiger partial charge in [0.15, 0.2) is 0 Å². The molecule has 0 spiro atoms. The van der Waals surface area contributed by atoms with Crippen molar-refractivity contribution in [3.8, 4) is 0 Å². The van der Waals surface area contributed by atoms with E-state index in [1.165, 1.54) is 0 Å². The van der Waals surface area contributed by atoms with E-state index in [0.717, 1.165) is 24.9 Å². The molecule has 4 heteroatoms. The van der Waals surface area contributed by atoms with Crippen molar-refractivity contribution >= 4 is 5.91 Å². The van der Waals surface area contributed by atoms with Crippen LogP contribution in [0.1, 0.15) is 28.8 Å². The van der Waals surface area contributed by atoms with Crippen LogP contribution in [0.2, 0.25) is 0 Å². The number of carbonyl (C=O) groups is 1. The van der Waals surface area contributed by atoms with Gasteiger partial charge in [-0.15, -0.1) is 0 Å². The molecule has 0 aromatic heterocycles. The minimum absolute atomic E-state index is 0.0205. The lowest BCUT2D eigenvalue weighted by Gasteiger charge is -2.29. The Morgan fingerprint density at radius 1 is 1.53 bits per heavy atom. The maximum Gasteiger partial charge on any atom is 0.251 e. The molecule has 1 unspecified atom stereocenters. The summed E-state index contributed by atoms with van der Waals surface area (Å²) in [5, 5.41) is 6.46. The number of hydrogen-bond acceptors (Lipinski definition) is 3. The van der Waals surface area contributed by atoms with Crippen LogP contribution in [-0.2, 0) is 4.74 Å². The van der Waals surface area contributed by atoms with E-state index in [9.17, 15) is 4.79 Å². The molecule has 0 radical (unpaired) electrons. The predicted octanol–water partition coefficient (Wildman–Crippen LogP) is 1.49. The van der Waals surface area contributed by atoms with E-state index < -0.39 is 0 Å². The van der Waals surface area contributed by atoms with Crippen LogP contribution in [0, 0.1) is 6.92 Å². The van der Waals surface area contributed by atoms with Crippen molar-refractivity contribution in [3.05, 3.63) is 35.4 Å². The van der Waals surface area contributed by atoms with Crippen LogP contribution in [0.4, 0.5) is 0 Å². The SMILES string of the molecule is COCC1(CNC(=O)c2cccc(C)c2)CCCN1. The summed E-state index contributed by atoms with van der Waals surface area (Å²) in [6, 6.07) is 7.64. The molecule has 0 bridgehead atoms. The molecule has 0 saturated carbocycles. The largest absolute Gasteiger partial charge is 0.383 e. The van der Waals surface area contributed by atoms with Crippen molar-refractivity contribution in [2.24, 2.45) is 0 Å². The first-order chi connectivity index (χ1) is 9.15. The van der Waals surface area contributed by atoms with Gasteiger partial charge in [0, 0.05) is 19.2 Å². The molecule has 2 N–H and O–H groups in total. The number of nitrogens with one attached hydrogen (secondary N) is 2. The Bertz CT molecular complexity index is 440. The van der Waals surface area contributed by atoms with E-state index in [2.05, 4.69) is 10.6 Å². The summed E-state index contributed by atoms with van der Waals surface area (Å²) in [4.78, 5) is 12.1. The first kappa shape index (κ1) is 14.0. The molecule has 4 nitrogen and oxygen atoms in total. The van der Waals surface area contributed by atoms with Gasteiger partial charge in [-0.2, -0.15) is 0 Å². The Labute approximate surface area is 114 Å². The monoisotopic (exact) mass is 262 g/mol. The number of rotatable bonds is 5. The van der Waals surface area contributed by atoms with Crippen LogP contribution >= 0.6 is 0 Å². The molecule has 0 aliphatic carbocycles. The van der Waals surface area contributed by atoms with Crippen molar-refractivity contribution < 1.29 is 9.53 Å².